The van der Waals surface area contributed by atoms with Crippen LogP contribution in [-0.4, -0.2) is 80.0 Å². The lowest BCUT2D eigenvalue weighted by atomic mass is 9.77. The number of nitrogens with zero attached hydrogens (tertiary/aromatic N) is 5. The van der Waals surface area contributed by atoms with Crippen molar-refractivity contribution >= 4 is 11.8 Å². The number of benzene rings is 1. The fourth-order valence-electron chi connectivity index (χ4n) is 6.12. The van der Waals surface area contributed by atoms with Crippen LogP contribution < -0.4 is 5.32 Å². The van der Waals surface area contributed by atoms with Gasteiger partial charge >= 0.3 is 0 Å². The highest BCUT2D eigenvalue weighted by Crippen LogP contribution is 2.36. The lowest BCUT2D eigenvalue weighted by Gasteiger charge is -2.44. The second kappa shape index (κ2) is 11.5. The third-order valence-electron chi connectivity index (χ3n) is 8.57. The Morgan fingerprint density at radius 2 is 1.97 bits per heavy atom. The summed E-state index contributed by atoms with van der Waals surface area (Å²) in [6, 6.07) is 6.52. The van der Waals surface area contributed by atoms with Crippen molar-refractivity contribution in [2.45, 2.75) is 110 Å². The number of carbonyl (C=O) groups is 2. The molecule has 1 aromatic heterocycles. The molecule has 0 radical (unpaired) electrons. The molecule has 1 aliphatic carbocycles. The van der Waals surface area contributed by atoms with Gasteiger partial charge in [0.25, 0.3) is 5.91 Å². The molecular formula is C29H45N7O2. The molecule has 1 aliphatic heterocycles. The van der Waals surface area contributed by atoms with E-state index in [9.17, 15) is 9.59 Å². The number of aromatic nitrogens is 4. The predicted octanol–water partition coefficient (Wildman–Crippen LogP) is 4.17. The van der Waals surface area contributed by atoms with E-state index < -0.39 is 6.04 Å². The molecule has 1 saturated carbocycles. The zero-order valence-electron chi connectivity index (χ0n) is 24.1. The third-order valence-corrected chi connectivity index (χ3v) is 8.57. The first-order chi connectivity index (χ1) is 18.0. The van der Waals surface area contributed by atoms with E-state index in [1.165, 1.54) is 0 Å². The lowest BCUT2D eigenvalue weighted by molar-refractivity contribution is -0.133. The highest BCUT2D eigenvalue weighted by atomic mass is 16.2. The molecule has 0 bridgehead atoms. The van der Waals surface area contributed by atoms with Gasteiger partial charge in [-0.2, -0.15) is 5.21 Å². The maximum atomic E-state index is 13.6. The maximum Gasteiger partial charge on any atom is 0.251 e. The number of H-pyrrole nitrogens is 1. The Hall–Kier alpha value is -2.81. The summed E-state index contributed by atoms with van der Waals surface area (Å²) >= 11 is 0. The molecule has 0 unspecified atom stereocenters. The number of likely N-dealkylation sites (tertiary alicyclic amines) is 1. The van der Waals surface area contributed by atoms with Gasteiger partial charge in [0.05, 0.1) is 0 Å². The van der Waals surface area contributed by atoms with Gasteiger partial charge in [-0.05, 0) is 93.3 Å². The summed E-state index contributed by atoms with van der Waals surface area (Å²) in [6.45, 7) is 13.7. The maximum absolute atomic E-state index is 13.6. The van der Waals surface area contributed by atoms with E-state index in [2.05, 4.69) is 84.3 Å². The summed E-state index contributed by atoms with van der Waals surface area (Å²) in [7, 11) is 2.23. The van der Waals surface area contributed by atoms with Gasteiger partial charge < -0.3 is 15.1 Å². The Morgan fingerprint density at radius 1 is 1.21 bits per heavy atom. The molecule has 9 heteroatoms. The molecular weight excluding hydrogens is 478 g/mol. The quantitative estimate of drug-likeness (QED) is 0.538. The summed E-state index contributed by atoms with van der Waals surface area (Å²) < 4.78 is 0. The van der Waals surface area contributed by atoms with E-state index in [4.69, 9.17) is 0 Å². The minimum absolute atomic E-state index is 0.0606. The number of hydrogen-bond acceptors (Lipinski definition) is 6. The summed E-state index contributed by atoms with van der Waals surface area (Å²) in [4.78, 5) is 31.6. The number of hydrogen-bond donors (Lipinski definition) is 2. The number of carbonyl (C=O) groups excluding carboxylic acids is 2. The van der Waals surface area contributed by atoms with Crippen LogP contribution in [0.5, 0.6) is 0 Å². The number of nitrogens with one attached hydrogen (secondary N) is 2. The van der Waals surface area contributed by atoms with Crippen molar-refractivity contribution in [3.63, 3.8) is 0 Å². The first kappa shape index (κ1) is 28.2. The second-order valence-corrected chi connectivity index (χ2v) is 12.5. The van der Waals surface area contributed by atoms with E-state index >= 15 is 0 Å². The highest BCUT2D eigenvalue weighted by Gasteiger charge is 2.42. The van der Waals surface area contributed by atoms with Crippen LogP contribution in [0.1, 0.15) is 96.0 Å². The van der Waals surface area contributed by atoms with Crippen LogP contribution in [0.2, 0.25) is 0 Å². The third kappa shape index (κ3) is 6.08. The first-order valence-electron chi connectivity index (χ1n) is 14.2. The zero-order chi connectivity index (χ0) is 27.6. The van der Waals surface area contributed by atoms with E-state index in [0.717, 1.165) is 43.2 Å². The fraction of sp³-hybridized carbons (Fsp3) is 0.690. The molecule has 4 rings (SSSR count). The minimum Gasteiger partial charge on any atom is -0.340 e. The number of tetrazole rings is 1. The first-order valence-corrected chi connectivity index (χ1v) is 14.2. The monoisotopic (exact) mass is 523 g/mol. The Balaban J connectivity index is 1.48. The molecule has 2 heterocycles. The molecule has 2 aromatic rings. The van der Waals surface area contributed by atoms with Gasteiger partial charge in [0.15, 0.2) is 0 Å². The zero-order valence-corrected chi connectivity index (χ0v) is 24.1. The molecule has 38 heavy (non-hydrogen) atoms. The van der Waals surface area contributed by atoms with Gasteiger partial charge in [-0.1, -0.05) is 34.1 Å². The van der Waals surface area contributed by atoms with Crippen LogP contribution in [0, 0.1) is 5.92 Å². The van der Waals surface area contributed by atoms with E-state index in [1.807, 2.05) is 12.1 Å². The van der Waals surface area contributed by atoms with Crippen LogP contribution in [0.25, 0.3) is 11.4 Å². The van der Waals surface area contributed by atoms with Gasteiger partial charge in [0.1, 0.15) is 6.04 Å². The molecule has 2 fully saturated rings. The standard InChI is InChI=1S/C29H45N7O2/c1-8-9-19-17-23(35(7)18(2)3)10-11-25(19)36-13-12-24(28(36)38)30-27(37)21-14-20(26-31-33-34-32-26)15-22(16-21)29(4,5)6/h14-16,18-19,23-25H,8-13,17H2,1-7H3,(H,30,37)(H,31,32,33,34)/t19-,23+,24-,25-/m0/s1. The van der Waals surface area contributed by atoms with Crippen molar-refractivity contribution in [2.75, 3.05) is 13.6 Å². The summed E-state index contributed by atoms with van der Waals surface area (Å²) in [5.41, 5.74) is 2.05. The predicted molar refractivity (Wildman–Crippen MR) is 149 cm³/mol. The van der Waals surface area contributed by atoms with Crippen LogP contribution >= 0.6 is 0 Å². The fourth-order valence-corrected chi connectivity index (χ4v) is 6.12. The highest BCUT2D eigenvalue weighted by molar-refractivity contribution is 5.99. The van der Waals surface area contributed by atoms with Crippen molar-refractivity contribution in [3.05, 3.63) is 29.3 Å². The SMILES string of the molecule is CCC[C@H]1C[C@H](N(C)C(C)C)CC[C@@H]1N1CC[C@H](NC(=O)c2cc(-c3nn[nH]n3)cc(C(C)(C)C)c2)C1=O. The smallest absolute Gasteiger partial charge is 0.251 e. The van der Waals surface area contributed by atoms with Gasteiger partial charge in [-0.15, -0.1) is 10.2 Å². The Kier molecular flexibility index (Phi) is 8.55. The van der Waals surface area contributed by atoms with E-state index in [1.54, 1.807) is 6.07 Å². The molecule has 2 aliphatic rings. The minimum atomic E-state index is -0.493. The molecule has 0 spiro atoms. The molecule has 2 amide bonds. The van der Waals surface area contributed by atoms with Gasteiger partial charge in [-0.3, -0.25) is 9.59 Å². The van der Waals surface area contributed by atoms with Gasteiger partial charge in [0.2, 0.25) is 11.7 Å². The number of rotatable bonds is 8. The van der Waals surface area contributed by atoms with Crippen LogP contribution in [0.3, 0.4) is 0 Å². The number of aromatic amines is 1. The topological polar surface area (TPSA) is 107 Å². The van der Waals surface area contributed by atoms with E-state index in [0.29, 0.717) is 42.4 Å². The summed E-state index contributed by atoms with van der Waals surface area (Å²) in [6.07, 6.45) is 6.17. The van der Waals surface area contributed by atoms with Crippen LogP contribution in [-0.2, 0) is 10.2 Å². The largest absolute Gasteiger partial charge is 0.340 e. The van der Waals surface area contributed by atoms with Crippen LogP contribution in [0.15, 0.2) is 18.2 Å². The van der Waals surface area contributed by atoms with Crippen LogP contribution in [0.4, 0.5) is 0 Å². The van der Waals surface area contributed by atoms with Gasteiger partial charge in [-0.25, -0.2) is 0 Å². The normalized spacial score (nSPS) is 24.4. The molecule has 1 saturated heterocycles. The molecule has 9 nitrogen and oxygen atoms in total. The summed E-state index contributed by atoms with van der Waals surface area (Å²) in [5, 5.41) is 17.4. The molecule has 208 valence electrons. The molecule has 4 atom stereocenters. The Labute approximate surface area is 227 Å². The Morgan fingerprint density at radius 3 is 2.61 bits per heavy atom. The second-order valence-electron chi connectivity index (χ2n) is 12.5. The Bertz CT molecular complexity index is 1110. The van der Waals surface area contributed by atoms with Gasteiger partial charge in [0, 0.05) is 35.8 Å². The average Bonchev–Trinajstić information content (AvgIpc) is 3.54. The van der Waals surface area contributed by atoms with Crippen molar-refractivity contribution in [1.29, 1.82) is 0 Å². The van der Waals surface area contributed by atoms with E-state index in [-0.39, 0.29) is 23.3 Å². The van der Waals surface area contributed by atoms with Crippen molar-refractivity contribution in [1.82, 2.24) is 35.7 Å². The summed E-state index contributed by atoms with van der Waals surface area (Å²) in [5.74, 6) is 0.757. The molecule has 1 aromatic carbocycles. The van der Waals surface area contributed by atoms with Crippen molar-refractivity contribution < 1.29 is 9.59 Å². The number of amides is 2. The van der Waals surface area contributed by atoms with Crippen molar-refractivity contribution in [3.8, 4) is 11.4 Å². The van der Waals surface area contributed by atoms with Crippen molar-refractivity contribution in [2.24, 2.45) is 5.92 Å². The lowest BCUT2D eigenvalue weighted by Crippen LogP contribution is -2.51. The average molecular weight is 524 g/mol. The molecule has 2 N–H and O–H groups in total.